The number of hydrogen-bond acceptors (Lipinski definition) is 4. The predicted molar refractivity (Wildman–Crippen MR) is 88.5 cm³/mol. The van der Waals surface area contributed by atoms with E-state index in [2.05, 4.69) is 12.2 Å². The highest BCUT2D eigenvalue weighted by Gasteiger charge is 2.58. The summed E-state index contributed by atoms with van der Waals surface area (Å²) in [6, 6.07) is 9.73. The lowest BCUT2D eigenvalue weighted by molar-refractivity contribution is 0.0981. The summed E-state index contributed by atoms with van der Waals surface area (Å²) in [6.07, 6.45) is 2.72. The first kappa shape index (κ1) is 16.6. The molecule has 6 heteroatoms. The molecule has 2 amide bonds. The highest BCUT2D eigenvalue weighted by atomic mass is 16.6. The molecule has 6 nitrogen and oxygen atoms in total. The molecule has 3 fully saturated rings. The van der Waals surface area contributed by atoms with Crippen LogP contribution in [-0.2, 0) is 16.1 Å². The Hall–Kier alpha value is -2.24. The van der Waals surface area contributed by atoms with Crippen LogP contribution in [0, 0.1) is 0 Å². The topological polar surface area (TPSA) is 67.9 Å². The lowest BCUT2D eigenvalue weighted by atomic mass is 9.78. The zero-order valence-electron chi connectivity index (χ0n) is 14.0. The molecule has 2 aliphatic heterocycles. The fourth-order valence-corrected chi connectivity index (χ4v) is 3.36. The zero-order chi connectivity index (χ0) is 17.0. The van der Waals surface area contributed by atoms with E-state index in [1.54, 1.807) is 4.90 Å². The smallest absolute Gasteiger partial charge is 0.410 e. The van der Waals surface area contributed by atoms with Crippen molar-refractivity contribution in [1.29, 1.82) is 0 Å². The van der Waals surface area contributed by atoms with Crippen molar-refractivity contribution in [3.63, 3.8) is 0 Å². The van der Waals surface area contributed by atoms with E-state index in [0.29, 0.717) is 13.2 Å². The van der Waals surface area contributed by atoms with Crippen LogP contribution in [0.15, 0.2) is 30.3 Å². The van der Waals surface area contributed by atoms with Gasteiger partial charge in [0.2, 0.25) is 0 Å². The highest BCUT2D eigenvalue weighted by Crippen LogP contribution is 2.44. The molecule has 24 heavy (non-hydrogen) atoms. The van der Waals surface area contributed by atoms with E-state index in [9.17, 15) is 9.59 Å². The van der Waals surface area contributed by atoms with Crippen LogP contribution in [0.1, 0.15) is 38.2 Å². The SMILES string of the molecule is CCCCOC(=O)N1CC2(NC(=O)OCc3ccccc3)CC1C2. The number of nitrogens with zero attached hydrogens (tertiary/aromatic N) is 1. The molecule has 1 aromatic rings. The second kappa shape index (κ2) is 7.11. The van der Waals surface area contributed by atoms with E-state index < -0.39 is 6.09 Å². The largest absolute Gasteiger partial charge is 0.449 e. The summed E-state index contributed by atoms with van der Waals surface area (Å²) < 4.78 is 10.5. The lowest BCUT2D eigenvalue weighted by Crippen LogP contribution is -2.55. The van der Waals surface area contributed by atoms with Crippen LogP contribution in [-0.4, -0.2) is 41.8 Å². The van der Waals surface area contributed by atoms with Crippen molar-refractivity contribution < 1.29 is 19.1 Å². The molecule has 2 bridgehead atoms. The molecular formula is C18H24N2O4. The molecule has 1 saturated carbocycles. The predicted octanol–water partition coefficient (Wildman–Crippen LogP) is 3.07. The van der Waals surface area contributed by atoms with Crippen LogP contribution in [0.3, 0.4) is 0 Å². The highest BCUT2D eigenvalue weighted by molar-refractivity contribution is 5.72. The number of hydrogen-bond donors (Lipinski definition) is 1. The van der Waals surface area contributed by atoms with Crippen molar-refractivity contribution >= 4 is 12.2 Å². The average molecular weight is 332 g/mol. The summed E-state index contributed by atoms with van der Waals surface area (Å²) >= 11 is 0. The van der Waals surface area contributed by atoms with Crippen molar-refractivity contribution in [2.75, 3.05) is 13.2 Å². The third-order valence-corrected chi connectivity index (χ3v) is 4.70. The molecule has 1 N–H and O–H groups in total. The quantitative estimate of drug-likeness (QED) is 0.813. The minimum absolute atomic E-state index is 0.175. The van der Waals surface area contributed by atoms with Gasteiger partial charge >= 0.3 is 12.2 Å². The molecule has 0 unspecified atom stereocenters. The number of ether oxygens (including phenoxy) is 2. The molecule has 0 aromatic heterocycles. The molecule has 2 saturated heterocycles. The van der Waals surface area contributed by atoms with Gasteiger partial charge in [0, 0.05) is 12.6 Å². The Morgan fingerprint density at radius 2 is 2.00 bits per heavy atom. The van der Waals surface area contributed by atoms with E-state index in [-0.39, 0.29) is 24.3 Å². The number of carbonyl (C=O) groups is 2. The summed E-state index contributed by atoms with van der Waals surface area (Å²) in [7, 11) is 0. The monoisotopic (exact) mass is 332 g/mol. The van der Waals surface area contributed by atoms with E-state index in [4.69, 9.17) is 9.47 Å². The van der Waals surface area contributed by atoms with Crippen LogP contribution >= 0.6 is 0 Å². The molecular weight excluding hydrogens is 308 g/mol. The van der Waals surface area contributed by atoms with Gasteiger partial charge in [-0.3, -0.25) is 0 Å². The molecule has 0 spiro atoms. The number of benzene rings is 1. The van der Waals surface area contributed by atoms with E-state index >= 15 is 0 Å². The van der Waals surface area contributed by atoms with E-state index in [0.717, 1.165) is 31.2 Å². The molecule has 130 valence electrons. The van der Waals surface area contributed by atoms with Gasteiger partial charge < -0.3 is 19.7 Å². The van der Waals surface area contributed by atoms with Gasteiger partial charge in [0.25, 0.3) is 0 Å². The second-order valence-corrected chi connectivity index (χ2v) is 6.62. The Bertz CT molecular complexity index is 584. The molecule has 0 atom stereocenters. The summed E-state index contributed by atoms with van der Waals surface area (Å²) in [5.74, 6) is 0. The minimum atomic E-state index is -0.432. The molecule has 2 heterocycles. The Balaban J connectivity index is 1.44. The van der Waals surface area contributed by atoms with Gasteiger partial charge in [0.05, 0.1) is 12.1 Å². The van der Waals surface area contributed by atoms with Crippen LogP contribution in [0.4, 0.5) is 9.59 Å². The first-order chi connectivity index (χ1) is 11.6. The zero-order valence-corrected chi connectivity index (χ0v) is 14.0. The average Bonchev–Trinajstić information content (AvgIpc) is 3.09. The number of carbonyl (C=O) groups excluding carboxylic acids is 2. The van der Waals surface area contributed by atoms with Gasteiger partial charge in [-0.2, -0.15) is 0 Å². The number of fused-ring (bicyclic) bond motifs is 1. The first-order valence-corrected chi connectivity index (χ1v) is 8.54. The van der Waals surface area contributed by atoms with Crippen LogP contribution in [0.25, 0.3) is 0 Å². The van der Waals surface area contributed by atoms with Crippen LogP contribution in [0.2, 0.25) is 0 Å². The van der Waals surface area contributed by atoms with Gasteiger partial charge in [0.15, 0.2) is 0 Å². The third kappa shape index (κ3) is 3.63. The second-order valence-electron chi connectivity index (χ2n) is 6.62. The summed E-state index contributed by atoms with van der Waals surface area (Å²) in [5.41, 5.74) is 0.603. The Kier molecular flexibility index (Phi) is 4.92. The minimum Gasteiger partial charge on any atom is -0.449 e. The van der Waals surface area contributed by atoms with Gasteiger partial charge in [0.1, 0.15) is 6.61 Å². The van der Waals surface area contributed by atoms with Crippen LogP contribution in [0.5, 0.6) is 0 Å². The maximum Gasteiger partial charge on any atom is 0.410 e. The molecule has 0 radical (unpaired) electrons. The lowest BCUT2D eigenvalue weighted by Gasteiger charge is -2.36. The first-order valence-electron chi connectivity index (χ1n) is 8.54. The maximum absolute atomic E-state index is 12.1. The fraction of sp³-hybridized carbons (Fsp3) is 0.556. The number of amides is 2. The maximum atomic E-state index is 12.1. The van der Waals surface area contributed by atoms with Crippen molar-refractivity contribution in [3.05, 3.63) is 35.9 Å². The standard InChI is InChI=1S/C18H24N2O4/c1-2-3-9-23-17(22)20-13-18(10-15(20)11-18)19-16(21)24-12-14-7-5-4-6-8-14/h4-8,15H,2-3,9-13H2,1H3,(H,19,21). The van der Waals surface area contributed by atoms with Crippen LogP contribution < -0.4 is 5.32 Å². The summed E-state index contributed by atoms with van der Waals surface area (Å²) in [5, 5.41) is 2.93. The third-order valence-electron chi connectivity index (χ3n) is 4.70. The Labute approximate surface area is 142 Å². The van der Waals surface area contributed by atoms with E-state index in [1.165, 1.54) is 0 Å². The van der Waals surface area contributed by atoms with E-state index in [1.807, 2.05) is 30.3 Å². The summed E-state index contributed by atoms with van der Waals surface area (Å²) in [6.45, 7) is 3.26. The number of unbranched alkanes of at least 4 members (excludes halogenated alkanes) is 1. The van der Waals surface area contributed by atoms with Crippen molar-refractivity contribution in [1.82, 2.24) is 10.2 Å². The normalized spacial score (nSPS) is 24.2. The molecule has 3 aliphatic rings. The number of alkyl carbamates (subject to hydrolysis) is 1. The van der Waals surface area contributed by atoms with Crippen molar-refractivity contribution in [2.24, 2.45) is 0 Å². The Morgan fingerprint density at radius 3 is 2.71 bits per heavy atom. The molecule has 4 rings (SSSR count). The van der Waals surface area contributed by atoms with Gasteiger partial charge in [-0.1, -0.05) is 43.7 Å². The number of rotatable bonds is 6. The van der Waals surface area contributed by atoms with Gasteiger partial charge in [-0.15, -0.1) is 0 Å². The van der Waals surface area contributed by atoms with Crippen molar-refractivity contribution in [2.45, 2.75) is 50.8 Å². The summed E-state index contributed by atoms with van der Waals surface area (Å²) in [4.78, 5) is 25.8. The Morgan fingerprint density at radius 1 is 1.25 bits per heavy atom. The van der Waals surface area contributed by atoms with Crippen molar-refractivity contribution in [3.8, 4) is 0 Å². The fourth-order valence-electron chi connectivity index (χ4n) is 3.36. The molecule has 1 aliphatic carbocycles. The van der Waals surface area contributed by atoms with Gasteiger partial charge in [-0.05, 0) is 24.8 Å². The number of nitrogens with one attached hydrogen (secondary N) is 1. The van der Waals surface area contributed by atoms with Gasteiger partial charge in [-0.25, -0.2) is 9.59 Å². The molecule has 1 aromatic carbocycles.